The Labute approximate surface area is 174 Å². The van der Waals surface area contributed by atoms with E-state index in [4.69, 9.17) is 11.6 Å². The van der Waals surface area contributed by atoms with Crippen molar-refractivity contribution in [2.24, 2.45) is 0 Å². The predicted octanol–water partition coefficient (Wildman–Crippen LogP) is 3.20. The van der Waals surface area contributed by atoms with E-state index in [1.54, 1.807) is 24.3 Å². The number of carbonyl (C=O) groups is 1. The molecule has 0 atom stereocenters. The van der Waals surface area contributed by atoms with Crippen LogP contribution in [0, 0.1) is 20.8 Å². The molecule has 0 saturated carbocycles. The van der Waals surface area contributed by atoms with Gasteiger partial charge in [0.15, 0.2) is 5.82 Å². The lowest BCUT2D eigenvalue weighted by atomic mass is 10.2. The fourth-order valence-corrected chi connectivity index (χ4v) is 3.71. The average Bonchev–Trinajstić information content (AvgIpc) is 3.06. The fourth-order valence-electron chi connectivity index (χ4n) is 3.58. The number of nitrogens with zero attached hydrogens (tertiary/aromatic N) is 6. The van der Waals surface area contributed by atoms with Gasteiger partial charge in [-0.2, -0.15) is 5.10 Å². The van der Waals surface area contributed by atoms with Crippen molar-refractivity contribution in [3.05, 3.63) is 64.2 Å². The minimum absolute atomic E-state index is 0.0310. The summed E-state index contributed by atoms with van der Waals surface area (Å²) >= 11 is 5.92. The number of rotatable bonds is 3. The van der Waals surface area contributed by atoms with Crippen LogP contribution in [0.1, 0.15) is 27.6 Å². The second-order valence-electron chi connectivity index (χ2n) is 7.26. The SMILES string of the molecule is Cc1cc(C)n(-c2cc(N3CCN(C(=O)c4ccc(Cl)cc4)CC3)nc(C)n2)n1. The maximum Gasteiger partial charge on any atom is 0.253 e. The molecule has 8 heteroatoms. The molecule has 1 aliphatic rings. The first-order valence-electron chi connectivity index (χ1n) is 9.60. The Morgan fingerprint density at radius 2 is 1.59 bits per heavy atom. The third-order valence-corrected chi connectivity index (χ3v) is 5.27. The highest BCUT2D eigenvalue weighted by atomic mass is 35.5. The molecule has 4 rings (SSSR count). The van der Waals surface area contributed by atoms with Crippen LogP contribution in [-0.4, -0.2) is 56.7 Å². The molecule has 7 nitrogen and oxygen atoms in total. The number of hydrogen-bond donors (Lipinski definition) is 0. The summed E-state index contributed by atoms with van der Waals surface area (Å²) < 4.78 is 1.84. The molecular weight excluding hydrogens is 388 g/mol. The van der Waals surface area contributed by atoms with Gasteiger partial charge in [-0.05, 0) is 51.1 Å². The summed E-state index contributed by atoms with van der Waals surface area (Å²) in [6.45, 7) is 8.57. The van der Waals surface area contributed by atoms with Crippen molar-refractivity contribution in [3.8, 4) is 5.82 Å². The Morgan fingerprint density at radius 3 is 2.21 bits per heavy atom. The van der Waals surface area contributed by atoms with Gasteiger partial charge in [-0.15, -0.1) is 0 Å². The summed E-state index contributed by atoms with van der Waals surface area (Å²) in [4.78, 5) is 25.9. The molecule has 1 saturated heterocycles. The van der Waals surface area contributed by atoms with Gasteiger partial charge in [0.1, 0.15) is 11.6 Å². The number of hydrogen-bond acceptors (Lipinski definition) is 5. The van der Waals surface area contributed by atoms with Crippen LogP contribution in [0.5, 0.6) is 0 Å². The molecule has 29 heavy (non-hydrogen) atoms. The lowest BCUT2D eigenvalue weighted by Gasteiger charge is -2.35. The van der Waals surface area contributed by atoms with Crippen molar-refractivity contribution in [1.29, 1.82) is 0 Å². The van der Waals surface area contributed by atoms with Gasteiger partial charge in [0.25, 0.3) is 5.91 Å². The maximum atomic E-state index is 12.7. The Balaban J connectivity index is 1.49. The van der Waals surface area contributed by atoms with Gasteiger partial charge >= 0.3 is 0 Å². The zero-order chi connectivity index (χ0) is 20.5. The van der Waals surface area contributed by atoms with Gasteiger partial charge in [-0.1, -0.05) is 11.6 Å². The molecule has 0 spiro atoms. The van der Waals surface area contributed by atoms with Crippen LogP contribution in [0.2, 0.25) is 5.02 Å². The third-order valence-electron chi connectivity index (χ3n) is 5.02. The molecule has 1 aliphatic heterocycles. The normalized spacial score (nSPS) is 14.3. The average molecular weight is 411 g/mol. The molecule has 3 heterocycles. The fraction of sp³-hybridized carbons (Fsp3) is 0.333. The standard InChI is InChI=1S/C21H23ClN6O/c1-14-12-15(2)28(25-14)20-13-19(23-16(3)24-20)26-8-10-27(11-9-26)21(29)17-4-6-18(22)7-5-17/h4-7,12-13H,8-11H2,1-3H3. The molecule has 3 aromatic rings. The summed E-state index contributed by atoms with van der Waals surface area (Å²) in [6.07, 6.45) is 0. The monoisotopic (exact) mass is 410 g/mol. The van der Waals surface area contributed by atoms with Crippen LogP contribution < -0.4 is 4.90 Å². The van der Waals surface area contributed by atoms with Crippen molar-refractivity contribution < 1.29 is 4.79 Å². The number of halogens is 1. The summed E-state index contributed by atoms with van der Waals surface area (Å²) in [5.74, 6) is 2.35. The quantitative estimate of drug-likeness (QED) is 0.663. The van der Waals surface area contributed by atoms with Crippen LogP contribution in [-0.2, 0) is 0 Å². The first-order chi connectivity index (χ1) is 13.9. The largest absolute Gasteiger partial charge is 0.353 e. The van der Waals surface area contributed by atoms with E-state index < -0.39 is 0 Å². The molecule has 2 aromatic heterocycles. The van der Waals surface area contributed by atoms with E-state index in [2.05, 4.69) is 20.0 Å². The molecular formula is C21H23ClN6O. The predicted molar refractivity (Wildman–Crippen MR) is 113 cm³/mol. The van der Waals surface area contributed by atoms with Crippen LogP contribution in [0.4, 0.5) is 5.82 Å². The molecule has 1 aromatic carbocycles. The third kappa shape index (κ3) is 4.10. The zero-order valence-electron chi connectivity index (χ0n) is 16.8. The van der Waals surface area contributed by atoms with Crippen LogP contribution in [0.3, 0.4) is 0 Å². The van der Waals surface area contributed by atoms with Crippen molar-refractivity contribution >= 4 is 23.3 Å². The minimum atomic E-state index is 0.0310. The number of amides is 1. The topological polar surface area (TPSA) is 67.2 Å². The first-order valence-corrected chi connectivity index (χ1v) is 9.97. The van der Waals surface area contributed by atoms with Crippen LogP contribution in [0.25, 0.3) is 5.82 Å². The van der Waals surface area contributed by atoms with Crippen molar-refractivity contribution in [3.63, 3.8) is 0 Å². The highest BCUT2D eigenvalue weighted by Gasteiger charge is 2.23. The number of anilines is 1. The van der Waals surface area contributed by atoms with E-state index in [1.165, 1.54) is 0 Å². The molecule has 1 fully saturated rings. The number of piperazine rings is 1. The lowest BCUT2D eigenvalue weighted by molar-refractivity contribution is 0.0746. The Bertz CT molecular complexity index is 1040. The van der Waals surface area contributed by atoms with E-state index in [-0.39, 0.29) is 5.91 Å². The molecule has 0 bridgehead atoms. The van der Waals surface area contributed by atoms with Crippen LogP contribution in [0.15, 0.2) is 36.4 Å². The Morgan fingerprint density at radius 1 is 0.931 bits per heavy atom. The highest BCUT2D eigenvalue weighted by Crippen LogP contribution is 2.20. The van der Waals surface area contributed by atoms with E-state index in [0.29, 0.717) is 42.6 Å². The van der Waals surface area contributed by atoms with Crippen molar-refractivity contribution in [2.45, 2.75) is 20.8 Å². The number of benzene rings is 1. The number of carbonyl (C=O) groups excluding carboxylic acids is 1. The van der Waals surface area contributed by atoms with E-state index in [9.17, 15) is 4.79 Å². The summed E-state index contributed by atoms with van der Waals surface area (Å²) in [5.41, 5.74) is 2.65. The van der Waals surface area contributed by atoms with Gasteiger partial charge in [0, 0.05) is 48.5 Å². The van der Waals surface area contributed by atoms with E-state index in [1.807, 2.05) is 42.5 Å². The molecule has 0 N–H and O–H groups in total. The zero-order valence-corrected chi connectivity index (χ0v) is 17.5. The van der Waals surface area contributed by atoms with Crippen molar-refractivity contribution in [2.75, 3.05) is 31.1 Å². The number of aryl methyl sites for hydroxylation is 3. The maximum absolute atomic E-state index is 12.7. The summed E-state index contributed by atoms with van der Waals surface area (Å²) in [5, 5.41) is 5.16. The summed E-state index contributed by atoms with van der Waals surface area (Å²) in [6, 6.07) is 11.0. The molecule has 150 valence electrons. The second-order valence-corrected chi connectivity index (χ2v) is 7.69. The van der Waals surface area contributed by atoms with E-state index >= 15 is 0 Å². The minimum Gasteiger partial charge on any atom is -0.353 e. The van der Waals surface area contributed by atoms with Gasteiger partial charge in [-0.3, -0.25) is 4.79 Å². The van der Waals surface area contributed by atoms with Gasteiger partial charge in [0.2, 0.25) is 0 Å². The molecule has 0 aliphatic carbocycles. The van der Waals surface area contributed by atoms with Crippen LogP contribution >= 0.6 is 11.6 Å². The smallest absolute Gasteiger partial charge is 0.253 e. The Kier molecular flexibility index (Phi) is 5.24. The van der Waals surface area contributed by atoms with Crippen molar-refractivity contribution in [1.82, 2.24) is 24.6 Å². The Hall–Kier alpha value is -2.93. The summed E-state index contributed by atoms with van der Waals surface area (Å²) in [7, 11) is 0. The number of aromatic nitrogens is 4. The molecule has 0 radical (unpaired) electrons. The van der Waals surface area contributed by atoms with Gasteiger partial charge < -0.3 is 9.80 Å². The highest BCUT2D eigenvalue weighted by molar-refractivity contribution is 6.30. The molecule has 1 amide bonds. The van der Waals surface area contributed by atoms with Gasteiger partial charge in [0.05, 0.1) is 5.69 Å². The lowest BCUT2D eigenvalue weighted by Crippen LogP contribution is -2.49. The van der Waals surface area contributed by atoms with Gasteiger partial charge in [-0.25, -0.2) is 14.6 Å². The second kappa shape index (κ2) is 7.83. The first kappa shape index (κ1) is 19.4. The van der Waals surface area contributed by atoms with E-state index in [0.717, 1.165) is 23.0 Å². The molecule has 0 unspecified atom stereocenters.